The van der Waals surface area contributed by atoms with Crippen molar-refractivity contribution in [3.63, 3.8) is 0 Å². The highest BCUT2D eigenvalue weighted by Gasteiger charge is 2.49. The van der Waals surface area contributed by atoms with Gasteiger partial charge in [0, 0.05) is 0 Å². The molecule has 5 atom stereocenters. The van der Waals surface area contributed by atoms with Crippen LogP contribution in [0, 0.1) is 17.8 Å². The first-order valence-corrected chi connectivity index (χ1v) is 8.57. The molecule has 2 amide bonds. The van der Waals surface area contributed by atoms with E-state index < -0.39 is 0 Å². The van der Waals surface area contributed by atoms with Crippen LogP contribution in [0.1, 0.15) is 31.9 Å². The van der Waals surface area contributed by atoms with Crippen molar-refractivity contribution in [1.29, 1.82) is 0 Å². The average molecular weight is 328 g/mol. The summed E-state index contributed by atoms with van der Waals surface area (Å²) in [5.41, 5.74) is 1.04. The van der Waals surface area contributed by atoms with Crippen LogP contribution < -0.4 is 10.6 Å². The van der Waals surface area contributed by atoms with Gasteiger partial charge in [-0.2, -0.15) is 0 Å². The summed E-state index contributed by atoms with van der Waals surface area (Å²) < 4.78 is 5.20. The fraction of sp³-hybridized carbons (Fsp3) is 0.474. The minimum Gasteiger partial charge on any atom is -0.466 e. The van der Waals surface area contributed by atoms with Crippen LogP contribution >= 0.6 is 0 Å². The number of esters is 1. The second kappa shape index (κ2) is 7.07. The van der Waals surface area contributed by atoms with Crippen LogP contribution in [0.25, 0.3) is 0 Å². The van der Waals surface area contributed by atoms with Gasteiger partial charge in [0.05, 0.1) is 24.6 Å². The minimum absolute atomic E-state index is 0.0959. The molecule has 24 heavy (non-hydrogen) atoms. The van der Waals surface area contributed by atoms with Gasteiger partial charge in [-0.15, -0.1) is 0 Å². The molecule has 1 fully saturated rings. The summed E-state index contributed by atoms with van der Waals surface area (Å²) in [6.07, 6.45) is 5.09. The smallest absolute Gasteiger partial charge is 0.315 e. The number of ether oxygens (including phenoxy) is 1. The van der Waals surface area contributed by atoms with Crippen molar-refractivity contribution < 1.29 is 14.3 Å². The van der Waals surface area contributed by atoms with Crippen molar-refractivity contribution in [3.8, 4) is 0 Å². The lowest BCUT2D eigenvalue weighted by atomic mass is 9.89. The predicted molar refractivity (Wildman–Crippen MR) is 91.2 cm³/mol. The highest BCUT2D eigenvalue weighted by molar-refractivity contribution is 5.79. The Morgan fingerprint density at radius 3 is 2.62 bits per heavy atom. The van der Waals surface area contributed by atoms with Crippen molar-refractivity contribution >= 4 is 12.0 Å². The standard InChI is InChI=1S/C19H24N2O3/c1-3-24-18(22)16-14-9-10-15(11-14)17(16)21-19(23)20-12(2)13-7-5-4-6-8-13/h4-10,12,14-17H,3,11H2,1-2H3,(H2,20,21,23)/t12-,14-,15+,16-,17+/m1/s1. The molecule has 1 saturated carbocycles. The van der Waals surface area contributed by atoms with Gasteiger partial charge in [-0.25, -0.2) is 4.79 Å². The average Bonchev–Trinajstić information content (AvgIpc) is 3.17. The van der Waals surface area contributed by atoms with E-state index >= 15 is 0 Å². The van der Waals surface area contributed by atoms with Gasteiger partial charge in [0.25, 0.3) is 0 Å². The van der Waals surface area contributed by atoms with Gasteiger partial charge >= 0.3 is 12.0 Å². The molecule has 1 aromatic carbocycles. The zero-order chi connectivity index (χ0) is 17.1. The number of allylic oxidation sites excluding steroid dienone is 1. The second-order valence-electron chi connectivity index (χ2n) is 6.50. The van der Waals surface area contributed by atoms with Gasteiger partial charge in [0.15, 0.2) is 0 Å². The van der Waals surface area contributed by atoms with Crippen molar-refractivity contribution in [1.82, 2.24) is 10.6 Å². The maximum atomic E-state index is 12.4. The Bertz CT molecular complexity index is 629. The van der Waals surface area contributed by atoms with E-state index in [2.05, 4.69) is 22.8 Å². The van der Waals surface area contributed by atoms with E-state index in [0.29, 0.717) is 6.61 Å². The number of hydrogen-bond acceptors (Lipinski definition) is 3. The summed E-state index contributed by atoms with van der Waals surface area (Å²) in [5.74, 6) is -0.110. The third kappa shape index (κ3) is 3.30. The molecule has 0 spiro atoms. The zero-order valence-electron chi connectivity index (χ0n) is 14.1. The fourth-order valence-electron chi connectivity index (χ4n) is 3.79. The molecular weight excluding hydrogens is 304 g/mol. The quantitative estimate of drug-likeness (QED) is 0.645. The number of benzene rings is 1. The maximum absolute atomic E-state index is 12.4. The topological polar surface area (TPSA) is 67.4 Å². The Morgan fingerprint density at radius 2 is 1.92 bits per heavy atom. The number of fused-ring (bicyclic) bond motifs is 2. The van der Waals surface area contributed by atoms with Crippen LogP contribution in [0.2, 0.25) is 0 Å². The van der Waals surface area contributed by atoms with Crippen LogP contribution in [-0.2, 0) is 9.53 Å². The number of rotatable bonds is 5. The van der Waals surface area contributed by atoms with E-state index in [1.165, 1.54) is 0 Å². The van der Waals surface area contributed by atoms with Crippen molar-refractivity contribution in [2.45, 2.75) is 32.4 Å². The summed E-state index contributed by atoms with van der Waals surface area (Å²) in [7, 11) is 0. The van der Waals surface area contributed by atoms with E-state index in [1.54, 1.807) is 6.92 Å². The van der Waals surface area contributed by atoms with Gasteiger partial charge in [0.1, 0.15) is 0 Å². The predicted octanol–water partition coefficient (Wildman–Crippen LogP) is 2.80. The lowest BCUT2D eigenvalue weighted by Crippen LogP contribution is -2.50. The van der Waals surface area contributed by atoms with Gasteiger partial charge in [-0.3, -0.25) is 4.79 Å². The first kappa shape index (κ1) is 16.6. The number of carbonyl (C=O) groups is 2. The van der Waals surface area contributed by atoms with Crippen LogP contribution in [0.5, 0.6) is 0 Å². The van der Waals surface area contributed by atoms with Crippen LogP contribution in [-0.4, -0.2) is 24.6 Å². The van der Waals surface area contributed by atoms with Crippen molar-refractivity contribution in [2.75, 3.05) is 6.61 Å². The Kier molecular flexibility index (Phi) is 4.88. The summed E-state index contributed by atoms with van der Waals surface area (Å²) in [6.45, 7) is 4.11. The lowest BCUT2D eigenvalue weighted by Gasteiger charge is -2.28. The SMILES string of the molecule is CCOC(=O)[C@H]1[C@@H](NC(=O)N[C@H](C)c2ccccc2)[C@H]2C=C[C@@H]1C2. The molecule has 0 saturated heterocycles. The summed E-state index contributed by atoms with van der Waals surface area (Å²) in [6, 6.07) is 9.27. The first-order valence-electron chi connectivity index (χ1n) is 8.57. The molecule has 5 heteroatoms. The molecule has 2 aliphatic rings. The molecular formula is C19H24N2O3. The Labute approximate surface area is 142 Å². The highest BCUT2D eigenvalue weighted by Crippen LogP contribution is 2.44. The van der Waals surface area contributed by atoms with Crippen LogP contribution in [0.15, 0.2) is 42.5 Å². The molecule has 0 aromatic heterocycles. The monoisotopic (exact) mass is 328 g/mol. The number of urea groups is 1. The van der Waals surface area contributed by atoms with Crippen LogP contribution in [0.3, 0.4) is 0 Å². The Morgan fingerprint density at radius 1 is 1.21 bits per heavy atom. The number of carbonyl (C=O) groups excluding carboxylic acids is 2. The fourth-order valence-corrected chi connectivity index (χ4v) is 3.79. The van der Waals surface area contributed by atoms with E-state index in [4.69, 9.17) is 4.74 Å². The van der Waals surface area contributed by atoms with Gasteiger partial charge in [-0.05, 0) is 37.7 Å². The molecule has 0 unspecified atom stereocenters. The second-order valence-corrected chi connectivity index (χ2v) is 6.50. The Balaban J connectivity index is 1.62. The number of amides is 2. The van der Waals surface area contributed by atoms with E-state index in [1.807, 2.05) is 37.3 Å². The molecule has 2 N–H and O–H groups in total. The molecule has 0 radical (unpaired) electrons. The highest BCUT2D eigenvalue weighted by atomic mass is 16.5. The first-order chi connectivity index (χ1) is 11.6. The Hall–Kier alpha value is -2.30. The molecule has 0 heterocycles. The van der Waals surface area contributed by atoms with Crippen LogP contribution in [0.4, 0.5) is 4.79 Å². The molecule has 5 nitrogen and oxygen atoms in total. The number of nitrogens with one attached hydrogen (secondary N) is 2. The lowest BCUT2D eigenvalue weighted by molar-refractivity contribution is -0.149. The minimum atomic E-state index is -0.280. The van der Waals surface area contributed by atoms with Gasteiger partial charge in [-0.1, -0.05) is 42.5 Å². The summed E-state index contributed by atoms with van der Waals surface area (Å²) in [4.78, 5) is 24.6. The van der Waals surface area contributed by atoms with E-state index in [-0.39, 0.29) is 41.8 Å². The summed E-state index contributed by atoms with van der Waals surface area (Å²) in [5, 5.41) is 5.95. The molecule has 1 aromatic rings. The summed E-state index contributed by atoms with van der Waals surface area (Å²) >= 11 is 0. The van der Waals surface area contributed by atoms with Crippen molar-refractivity contribution in [3.05, 3.63) is 48.0 Å². The zero-order valence-corrected chi connectivity index (χ0v) is 14.1. The van der Waals surface area contributed by atoms with Crippen molar-refractivity contribution in [2.24, 2.45) is 17.8 Å². The maximum Gasteiger partial charge on any atom is 0.315 e. The molecule has 3 rings (SSSR count). The van der Waals surface area contributed by atoms with Gasteiger partial charge < -0.3 is 15.4 Å². The van der Waals surface area contributed by atoms with E-state index in [0.717, 1.165) is 12.0 Å². The largest absolute Gasteiger partial charge is 0.466 e. The normalized spacial score (nSPS) is 28.4. The third-order valence-electron chi connectivity index (χ3n) is 4.96. The number of hydrogen-bond donors (Lipinski definition) is 2. The van der Waals surface area contributed by atoms with Gasteiger partial charge in [0.2, 0.25) is 0 Å². The third-order valence-corrected chi connectivity index (χ3v) is 4.96. The van der Waals surface area contributed by atoms with E-state index in [9.17, 15) is 9.59 Å². The molecule has 2 bridgehead atoms. The molecule has 2 aliphatic carbocycles. The molecule has 128 valence electrons. The molecule has 0 aliphatic heterocycles.